The average Bonchev–Trinajstić information content (AvgIpc) is 3.20. The van der Waals surface area contributed by atoms with Crippen molar-refractivity contribution in [3.63, 3.8) is 0 Å². The summed E-state index contributed by atoms with van der Waals surface area (Å²) in [6.07, 6.45) is 0.287. The molecule has 0 amide bonds. The van der Waals surface area contributed by atoms with Crippen molar-refractivity contribution in [2.75, 3.05) is 19.0 Å². The zero-order valence-electron chi connectivity index (χ0n) is 15.5. The molecule has 3 heterocycles. The summed E-state index contributed by atoms with van der Waals surface area (Å²) in [6, 6.07) is 5.18. The molecule has 3 aromatic heterocycles. The van der Waals surface area contributed by atoms with Crippen molar-refractivity contribution in [2.24, 2.45) is 5.73 Å². The second-order valence-corrected chi connectivity index (χ2v) is 7.43. The fraction of sp³-hybridized carbons (Fsp3) is 0.312. The van der Waals surface area contributed by atoms with Gasteiger partial charge >= 0.3 is 0 Å². The van der Waals surface area contributed by atoms with Crippen molar-refractivity contribution < 1.29 is 13.3 Å². The highest BCUT2D eigenvalue weighted by molar-refractivity contribution is 9.10. The summed E-state index contributed by atoms with van der Waals surface area (Å²) >= 11 is 11.3. The summed E-state index contributed by atoms with van der Waals surface area (Å²) in [5, 5.41) is 5.65. The first-order chi connectivity index (χ1) is 12.7. The van der Waals surface area contributed by atoms with Gasteiger partial charge in [0.05, 0.1) is 20.9 Å². The average molecular weight is 434 g/mol. The van der Waals surface area contributed by atoms with E-state index in [-0.39, 0.29) is 13.0 Å². The van der Waals surface area contributed by atoms with Crippen LogP contribution in [-0.4, -0.2) is 24.7 Å². The number of methoxy groups -OCH3 is 1. The summed E-state index contributed by atoms with van der Waals surface area (Å²) in [4.78, 5) is 5.49. The van der Waals surface area contributed by atoms with Gasteiger partial charge in [0.2, 0.25) is 0 Å². The van der Waals surface area contributed by atoms with Gasteiger partial charge in [0.15, 0.2) is 5.58 Å². The molecule has 0 aliphatic heterocycles. The molecule has 8 heteroatoms. The molecule has 0 saturated heterocycles. The SMILES string of the molecule is [2H]C([2H])([2H])OC[C@H](N)Cc1oc2c(NCc3cccs3)cc(Cl)nc2c1Br. The maximum Gasteiger partial charge on any atom is 0.177 e. The van der Waals surface area contributed by atoms with Gasteiger partial charge in [-0.15, -0.1) is 11.3 Å². The molecule has 24 heavy (non-hydrogen) atoms. The summed E-state index contributed by atoms with van der Waals surface area (Å²) in [6.45, 7) is 0.518. The second kappa shape index (κ2) is 7.84. The molecule has 0 bridgehead atoms. The van der Waals surface area contributed by atoms with Gasteiger partial charge in [-0.2, -0.15) is 0 Å². The van der Waals surface area contributed by atoms with Crippen molar-refractivity contribution >= 4 is 55.7 Å². The molecule has 3 aromatic rings. The van der Waals surface area contributed by atoms with Gasteiger partial charge in [0.1, 0.15) is 16.4 Å². The second-order valence-electron chi connectivity index (χ2n) is 5.22. The van der Waals surface area contributed by atoms with Gasteiger partial charge in [-0.25, -0.2) is 4.98 Å². The quantitative estimate of drug-likeness (QED) is 0.539. The highest BCUT2D eigenvalue weighted by atomic mass is 79.9. The summed E-state index contributed by atoms with van der Waals surface area (Å²) in [5.74, 6) is 0.556. The molecular formula is C16H17BrClN3O2S. The molecule has 0 fully saturated rings. The van der Waals surface area contributed by atoms with Crippen molar-refractivity contribution in [3.8, 4) is 0 Å². The van der Waals surface area contributed by atoms with Crippen molar-refractivity contribution in [3.05, 3.63) is 43.8 Å². The fourth-order valence-electron chi connectivity index (χ4n) is 2.32. The first-order valence-corrected chi connectivity index (χ1v) is 9.21. The Morgan fingerprint density at radius 3 is 3.25 bits per heavy atom. The Labute approximate surface area is 161 Å². The van der Waals surface area contributed by atoms with Gasteiger partial charge in [-0.1, -0.05) is 17.7 Å². The van der Waals surface area contributed by atoms with Crippen molar-refractivity contribution in [1.82, 2.24) is 4.98 Å². The Morgan fingerprint density at radius 1 is 1.62 bits per heavy atom. The molecule has 0 spiro atoms. The van der Waals surface area contributed by atoms with E-state index >= 15 is 0 Å². The summed E-state index contributed by atoms with van der Waals surface area (Å²) in [7, 11) is -2.48. The van der Waals surface area contributed by atoms with E-state index in [9.17, 15) is 0 Å². The number of pyridine rings is 1. The van der Waals surface area contributed by atoms with E-state index in [4.69, 9.17) is 30.6 Å². The third kappa shape index (κ3) is 3.92. The molecule has 0 radical (unpaired) electrons. The molecule has 0 saturated carbocycles. The van der Waals surface area contributed by atoms with E-state index in [0.29, 0.717) is 33.0 Å². The van der Waals surface area contributed by atoms with Crippen molar-refractivity contribution in [2.45, 2.75) is 19.0 Å². The van der Waals surface area contributed by atoms with Crippen LogP contribution in [0.2, 0.25) is 5.15 Å². The largest absolute Gasteiger partial charge is 0.456 e. The molecule has 128 valence electrons. The van der Waals surface area contributed by atoms with Crippen LogP contribution < -0.4 is 11.1 Å². The molecule has 0 aliphatic rings. The van der Waals surface area contributed by atoms with Crippen LogP contribution in [0.5, 0.6) is 0 Å². The fourth-order valence-corrected chi connectivity index (χ4v) is 3.67. The zero-order chi connectivity index (χ0) is 19.6. The molecule has 3 rings (SSSR count). The topological polar surface area (TPSA) is 73.3 Å². The number of aromatic nitrogens is 1. The standard InChI is InChI=1S/C16H17BrClN3O2S/c1-22-8-9(19)5-12-14(17)15-16(23-12)11(6-13(18)21-15)20-7-10-3-2-4-24-10/h2-4,6,9H,5,7-8,19H2,1H3,(H,20,21)/t9-/m1/s1/i1D3. The number of rotatable bonds is 7. The predicted molar refractivity (Wildman–Crippen MR) is 102 cm³/mol. The third-order valence-electron chi connectivity index (χ3n) is 3.40. The lowest BCUT2D eigenvalue weighted by Crippen LogP contribution is -2.27. The van der Waals surface area contributed by atoms with Crippen LogP contribution >= 0.6 is 38.9 Å². The lowest BCUT2D eigenvalue weighted by atomic mass is 10.2. The normalized spacial score (nSPS) is 15.0. The van der Waals surface area contributed by atoms with E-state index in [1.54, 1.807) is 17.4 Å². The summed E-state index contributed by atoms with van der Waals surface area (Å²) < 4.78 is 32.6. The van der Waals surface area contributed by atoms with Gasteiger partial charge in [-0.05, 0) is 27.4 Å². The van der Waals surface area contributed by atoms with Crippen LogP contribution in [-0.2, 0) is 17.7 Å². The van der Waals surface area contributed by atoms with Gasteiger partial charge < -0.3 is 20.2 Å². The van der Waals surface area contributed by atoms with Crippen LogP contribution in [0.1, 0.15) is 14.7 Å². The van der Waals surface area contributed by atoms with Crippen LogP contribution in [0.4, 0.5) is 5.69 Å². The van der Waals surface area contributed by atoms with Crippen LogP contribution in [0, 0.1) is 0 Å². The minimum atomic E-state index is -2.48. The lowest BCUT2D eigenvalue weighted by Gasteiger charge is -2.08. The smallest absolute Gasteiger partial charge is 0.177 e. The number of halogens is 2. The molecule has 0 unspecified atom stereocenters. The molecule has 3 N–H and O–H groups in total. The predicted octanol–water partition coefficient (Wildman–Crippen LogP) is 4.43. The number of nitrogens with one attached hydrogen (secondary N) is 1. The number of nitrogens with zero attached hydrogens (tertiary/aromatic N) is 1. The number of fused-ring (bicyclic) bond motifs is 1. The Balaban J connectivity index is 1.81. The van der Waals surface area contributed by atoms with Gasteiger partial charge in [0, 0.05) is 37.0 Å². The van der Waals surface area contributed by atoms with Crippen LogP contribution in [0.25, 0.3) is 11.1 Å². The molecule has 5 nitrogen and oxygen atoms in total. The number of hydrogen-bond acceptors (Lipinski definition) is 6. The van der Waals surface area contributed by atoms with Gasteiger partial charge in [-0.3, -0.25) is 0 Å². The minimum Gasteiger partial charge on any atom is -0.456 e. The molecule has 1 atom stereocenters. The maximum absolute atomic E-state index is 7.08. The van der Waals surface area contributed by atoms with E-state index in [2.05, 4.69) is 26.2 Å². The first kappa shape index (κ1) is 14.1. The van der Waals surface area contributed by atoms with Gasteiger partial charge in [0.25, 0.3) is 0 Å². The highest BCUT2D eigenvalue weighted by Crippen LogP contribution is 2.36. The third-order valence-corrected chi connectivity index (χ3v) is 5.29. The highest BCUT2D eigenvalue weighted by Gasteiger charge is 2.19. The maximum atomic E-state index is 7.08. The monoisotopic (exact) mass is 432 g/mol. The Hall–Kier alpha value is -1.12. The summed E-state index contributed by atoms with van der Waals surface area (Å²) in [5.41, 5.74) is 7.83. The number of nitrogens with two attached hydrogens (primary N) is 1. The van der Waals surface area contributed by atoms with E-state index in [0.717, 1.165) is 5.69 Å². The molecular weight excluding hydrogens is 414 g/mol. The molecule has 0 aliphatic carbocycles. The number of hydrogen-bond donors (Lipinski definition) is 2. The molecule has 0 aromatic carbocycles. The lowest BCUT2D eigenvalue weighted by molar-refractivity contribution is 0.178. The minimum absolute atomic E-state index is 0.113. The van der Waals surface area contributed by atoms with E-state index < -0.39 is 13.1 Å². The van der Waals surface area contributed by atoms with Crippen molar-refractivity contribution in [1.29, 1.82) is 0 Å². The Kier molecular flexibility index (Phi) is 4.60. The number of ether oxygens (including phenoxy) is 1. The number of furan rings is 1. The van der Waals surface area contributed by atoms with Crippen LogP contribution in [0.15, 0.2) is 32.5 Å². The van der Waals surface area contributed by atoms with E-state index in [1.165, 1.54) is 4.88 Å². The first-order valence-electron chi connectivity index (χ1n) is 8.66. The van der Waals surface area contributed by atoms with Crippen LogP contribution in [0.3, 0.4) is 0 Å². The zero-order valence-corrected chi connectivity index (χ0v) is 15.7. The van der Waals surface area contributed by atoms with E-state index in [1.807, 2.05) is 17.5 Å². The number of anilines is 1. The number of thiophene rings is 1. The Morgan fingerprint density at radius 2 is 2.50 bits per heavy atom. The Bertz CT molecular complexity index is 918.